The zero-order valence-electron chi connectivity index (χ0n) is 10.9. The van der Waals surface area contributed by atoms with Crippen molar-refractivity contribution in [1.29, 1.82) is 0 Å². The fourth-order valence-electron chi connectivity index (χ4n) is 1.89. The molecular formula is C15H15FO2S. The van der Waals surface area contributed by atoms with Crippen molar-refractivity contribution in [3.8, 4) is 0 Å². The number of hydrogen-bond acceptors (Lipinski definition) is 2. The lowest BCUT2D eigenvalue weighted by molar-refractivity contribution is 0.566. The van der Waals surface area contributed by atoms with Gasteiger partial charge in [0.1, 0.15) is 10.7 Å². The van der Waals surface area contributed by atoms with Gasteiger partial charge in [0.05, 0.1) is 5.75 Å². The van der Waals surface area contributed by atoms with E-state index in [9.17, 15) is 12.8 Å². The van der Waals surface area contributed by atoms with E-state index in [0.29, 0.717) is 5.56 Å². The van der Waals surface area contributed by atoms with Gasteiger partial charge in [-0.15, -0.1) is 0 Å². The first-order valence-electron chi connectivity index (χ1n) is 5.93. The number of aryl methyl sites for hydroxylation is 2. The third-order valence-electron chi connectivity index (χ3n) is 3.10. The SMILES string of the molecule is Cc1ccc(CS(=O)(=O)c2ccccc2F)cc1C. The number of benzene rings is 2. The van der Waals surface area contributed by atoms with E-state index in [0.717, 1.165) is 17.2 Å². The second kappa shape index (κ2) is 5.13. The molecule has 0 N–H and O–H groups in total. The van der Waals surface area contributed by atoms with Crippen molar-refractivity contribution in [3.05, 3.63) is 65.0 Å². The summed E-state index contributed by atoms with van der Waals surface area (Å²) in [5, 5.41) is 0. The molecule has 2 aromatic carbocycles. The highest BCUT2D eigenvalue weighted by Crippen LogP contribution is 2.20. The summed E-state index contributed by atoms with van der Waals surface area (Å²) >= 11 is 0. The van der Waals surface area contributed by atoms with Crippen molar-refractivity contribution in [2.24, 2.45) is 0 Å². The largest absolute Gasteiger partial charge is 0.223 e. The minimum atomic E-state index is -3.65. The van der Waals surface area contributed by atoms with Gasteiger partial charge < -0.3 is 0 Å². The number of hydrogen-bond donors (Lipinski definition) is 0. The molecule has 2 aromatic rings. The zero-order valence-corrected chi connectivity index (χ0v) is 11.7. The molecule has 0 heterocycles. The molecule has 2 rings (SSSR count). The maximum atomic E-state index is 13.6. The molecule has 100 valence electrons. The van der Waals surface area contributed by atoms with Crippen LogP contribution in [0.15, 0.2) is 47.4 Å². The molecule has 0 fully saturated rings. The average molecular weight is 278 g/mol. The van der Waals surface area contributed by atoms with Gasteiger partial charge in [-0.2, -0.15) is 0 Å². The first-order valence-corrected chi connectivity index (χ1v) is 7.59. The Morgan fingerprint density at radius 1 is 1.00 bits per heavy atom. The van der Waals surface area contributed by atoms with Crippen LogP contribution in [0.5, 0.6) is 0 Å². The van der Waals surface area contributed by atoms with E-state index in [1.807, 2.05) is 26.0 Å². The van der Waals surface area contributed by atoms with E-state index in [-0.39, 0.29) is 10.6 Å². The minimum Gasteiger partial charge on any atom is -0.223 e. The summed E-state index contributed by atoms with van der Waals surface area (Å²) in [4.78, 5) is -0.242. The Hall–Kier alpha value is -1.68. The zero-order chi connectivity index (χ0) is 14.0. The van der Waals surface area contributed by atoms with Crippen LogP contribution in [0.1, 0.15) is 16.7 Å². The molecule has 0 aliphatic heterocycles. The van der Waals surface area contributed by atoms with Crippen LogP contribution >= 0.6 is 0 Å². The molecule has 0 atom stereocenters. The Morgan fingerprint density at radius 3 is 2.32 bits per heavy atom. The van der Waals surface area contributed by atoms with Gasteiger partial charge in [-0.1, -0.05) is 30.3 Å². The Kier molecular flexibility index (Phi) is 3.71. The van der Waals surface area contributed by atoms with Crippen LogP contribution in [-0.4, -0.2) is 8.42 Å². The van der Waals surface area contributed by atoms with Crippen molar-refractivity contribution >= 4 is 9.84 Å². The normalized spacial score (nSPS) is 11.5. The van der Waals surface area contributed by atoms with Crippen molar-refractivity contribution in [2.75, 3.05) is 0 Å². The van der Waals surface area contributed by atoms with Crippen LogP contribution in [-0.2, 0) is 15.6 Å². The van der Waals surface area contributed by atoms with E-state index in [2.05, 4.69) is 0 Å². The fraction of sp³-hybridized carbons (Fsp3) is 0.200. The molecule has 0 amide bonds. The summed E-state index contributed by atoms with van der Waals surface area (Å²) in [6.45, 7) is 3.89. The number of sulfone groups is 1. The summed E-state index contributed by atoms with van der Waals surface area (Å²) in [5.41, 5.74) is 2.81. The van der Waals surface area contributed by atoms with Gasteiger partial charge in [0, 0.05) is 0 Å². The molecule has 0 aliphatic carbocycles. The maximum absolute atomic E-state index is 13.6. The van der Waals surface area contributed by atoms with E-state index in [1.54, 1.807) is 6.07 Å². The predicted octanol–water partition coefficient (Wildman–Crippen LogP) is 3.42. The van der Waals surface area contributed by atoms with E-state index >= 15 is 0 Å². The molecule has 0 spiro atoms. The van der Waals surface area contributed by atoms with E-state index in [1.165, 1.54) is 18.2 Å². The molecular weight excluding hydrogens is 263 g/mol. The van der Waals surface area contributed by atoms with Gasteiger partial charge in [0.25, 0.3) is 0 Å². The molecule has 19 heavy (non-hydrogen) atoms. The fourth-order valence-corrected chi connectivity index (χ4v) is 3.31. The van der Waals surface area contributed by atoms with E-state index < -0.39 is 15.7 Å². The Balaban J connectivity index is 2.37. The summed E-state index contributed by atoms with van der Waals surface area (Å²) in [6, 6.07) is 10.9. The summed E-state index contributed by atoms with van der Waals surface area (Å²) in [6.07, 6.45) is 0. The Morgan fingerprint density at radius 2 is 1.68 bits per heavy atom. The first kappa shape index (κ1) is 13.7. The lowest BCUT2D eigenvalue weighted by atomic mass is 10.1. The summed E-state index contributed by atoms with van der Waals surface area (Å²) in [5.74, 6) is -0.888. The molecule has 4 heteroatoms. The highest BCUT2D eigenvalue weighted by atomic mass is 32.2. The van der Waals surface area contributed by atoms with Crippen molar-refractivity contribution in [2.45, 2.75) is 24.5 Å². The Bertz CT molecular complexity index is 706. The molecule has 0 bridgehead atoms. The van der Waals surface area contributed by atoms with Crippen molar-refractivity contribution in [3.63, 3.8) is 0 Å². The second-order valence-electron chi connectivity index (χ2n) is 4.61. The predicted molar refractivity (Wildman–Crippen MR) is 73.2 cm³/mol. The number of halogens is 1. The third-order valence-corrected chi connectivity index (χ3v) is 4.81. The van der Waals surface area contributed by atoms with Crippen LogP contribution in [0.25, 0.3) is 0 Å². The van der Waals surface area contributed by atoms with E-state index in [4.69, 9.17) is 0 Å². The van der Waals surface area contributed by atoms with Crippen molar-refractivity contribution in [1.82, 2.24) is 0 Å². The molecule has 0 radical (unpaired) electrons. The first-order chi connectivity index (χ1) is 8.90. The highest BCUT2D eigenvalue weighted by Gasteiger charge is 2.19. The molecule has 0 unspecified atom stereocenters. The van der Waals surface area contributed by atoms with Gasteiger partial charge in [-0.05, 0) is 42.7 Å². The molecule has 2 nitrogen and oxygen atoms in total. The topological polar surface area (TPSA) is 34.1 Å². The van der Waals surface area contributed by atoms with Gasteiger partial charge in [0.2, 0.25) is 0 Å². The second-order valence-corrected chi connectivity index (χ2v) is 6.57. The Labute approximate surface area is 112 Å². The monoisotopic (exact) mass is 278 g/mol. The van der Waals surface area contributed by atoms with Gasteiger partial charge >= 0.3 is 0 Å². The highest BCUT2D eigenvalue weighted by molar-refractivity contribution is 7.90. The van der Waals surface area contributed by atoms with Gasteiger partial charge in [-0.25, -0.2) is 12.8 Å². The third kappa shape index (κ3) is 3.01. The molecule has 0 saturated heterocycles. The lowest BCUT2D eigenvalue weighted by Gasteiger charge is -2.07. The molecule has 0 aliphatic rings. The lowest BCUT2D eigenvalue weighted by Crippen LogP contribution is -2.07. The minimum absolute atomic E-state index is 0.185. The van der Waals surface area contributed by atoms with Crippen LogP contribution in [0.4, 0.5) is 4.39 Å². The standard InChI is InChI=1S/C15H15FO2S/c1-11-7-8-13(9-12(11)2)10-19(17,18)15-6-4-3-5-14(15)16/h3-9H,10H2,1-2H3. The van der Waals surface area contributed by atoms with Crippen LogP contribution < -0.4 is 0 Å². The quantitative estimate of drug-likeness (QED) is 0.862. The van der Waals surface area contributed by atoms with Crippen LogP contribution in [0, 0.1) is 19.7 Å². The van der Waals surface area contributed by atoms with Crippen LogP contribution in [0.2, 0.25) is 0 Å². The summed E-state index contributed by atoms with van der Waals surface area (Å²) in [7, 11) is -3.65. The number of rotatable bonds is 3. The molecule has 0 aromatic heterocycles. The smallest absolute Gasteiger partial charge is 0.185 e. The van der Waals surface area contributed by atoms with Crippen molar-refractivity contribution < 1.29 is 12.8 Å². The van der Waals surface area contributed by atoms with Gasteiger partial charge in [0.15, 0.2) is 9.84 Å². The maximum Gasteiger partial charge on any atom is 0.185 e. The van der Waals surface area contributed by atoms with Gasteiger partial charge in [-0.3, -0.25) is 0 Å². The summed E-state index contributed by atoms with van der Waals surface area (Å²) < 4.78 is 37.9. The molecule has 0 saturated carbocycles. The van der Waals surface area contributed by atoms with Crippen LogP contribution in [0.3, 0.4) is 0 Å². The average Bonchev–Trinajstić information content (AvgIpc) is 2.34.